The standard InChI is InChI=1S/C17H16N4O2/c1-11-15(17(23)21-19-11)9-16(22)20-18-10-13-7-4-6-12-5-2-3-8-14(12)13/h2-8,10,15H,9H2,1H3,(H,20,22)(H,21,23)/b18-10-/t15-/m1/s1. The van der Waals surface area contributed by atoms with Crippen molar-refractivity contribution in [3.63, 3.8) is 0 Å². The third-order valence-electron chi connectivity index (χ3n) is 3.77. The zero-order valence-corrected chi connectivity index (χ0v) is 12.6. The molecule has 1 aliphatic heterocycles. The lowest BCUT2D eigenvalue weighted by molar-refractivity contribution is -0.127. The van der Waals surface area contributed by atoms with Crippen LogP contribution in [0.3, 0.4) is 0 Å². The summed E-state index contributed by atoms with van der Waals surface area (Å²) in [6.07, 6.45) is 1.64. The molecule has 1 aliphatic rings. The van der Waals surface area contributed by atoms with Crippen molar-refractivity contribution in [1.29, 1.82) is 0 Å². The van der Waals surface area contributed by atoms with Gasteiger partial charge in [-0.15, -0.1) is 0 Å². The molecule has 0 bridgehead atoms. The first kappa shape index (κ1) is 14.9. The van der Waals surface area contributed by atoms with Crippen LogP contribution in [0.2, 0.25) is 0 Å². The lowest BCUT2D eigenvalue weighted by atomic mass is 10.0. The average Bonchev–Trinajstić information content (AvgIpc) is 2.87. The Balaban J connectivity index is 1.65. The van der Waals surface area contributed by atoms with Crippen molar-refractivity contribution in [2.24, 2.45) is 16.1 Å². The molecule has 2 aromatic carbocycles. The summed E-state index contributed by atoms with van der Waals surface area (Å²) in [6, 6.07) is 13.8. The molecule has 23 heavy (non-hydrogen) atoms. The molecule has 2 N–H and O–H groups in total. The van der Waals surface area contributed by atoms with E-state index in [0.29, 0.717) is 5.71 Å². The molecule has 2 amide bonds. The van der Waals surface area contributed by atoms with Gasteiger partial charge in [0.25, 0.3) is 0 Å². The maximum absolute atomic E-state index is 11.9. The van der Waals surface area contributed by atoms with Crippen LogP contribution >= 0.6 is 0 Å². The normalized spacial score (nSPS) is 17.3. The zero-order chi connectivity index (χ0) is 16.2. The fourth-order valence-corrected chi connectivity index (χ4v) is 2.50. The zero-order valence-electron chi connectivity index (χ0n) is 12.6. The highest BCUT2D eigenvalue weighted by molar-refractivity contribution is 6.09. The van der Waals surface area contributed by atoms with Gasteiger partial charge in [0.15, 0.2) is 0 Å². The van der Waals surface area contributed by atoms with Gasteiger partial charge in [-0.25, -0.2) is 10.9 Å². The van der Waals surface area contributed by atoms with E-state index >= 15 is 0 Å². The first-order valence-corrected chi connectivity index (χ1v) is 7.29. The molecule has 0 unspecified atom stereocenters. The van der Waals surface area contributed by atoms with Crippen molar-refractivity contribution >= 4 is 34.5 Å². The van der Waals surface area contributed by atoms with Crippen LogP contribution in [0, 0.1) is 5.92 Å². The Morgan fingerprint density at radius 3 is 2.87 bits per heavy atom. The monoisotopic (exact) mass is 308 g/mol. The molecule has 0 aliphatic carbocycles. The first-order chi connectivity index (χ1) is 11.1. The molecule has 1 heterocycles. The molecule has 0 saturated carbocycles. The van der Waals surface area contributed by atoms with Gasteiger partial charge in [-0.2, -0.15) is 10.2 Å². The second-order valence-corrected chi connectivity index (χ2v) is 5.35. The Kier molecular flexibility index (Phi) is 4.14. The van der Waals surface area contributed by atoms with Gasteiger partial charge >= 0.3 is 0 Å². The molecule has 0 saturated heterocycles. The van der Waals surface area contributed by atoms with Crippen LogP contribution in [-0.4, -0.2) is 23.7 Å². The summed E-state index contributed by atoms with van der Waals surface area (Å²) in [5.74, 6) is -1.09. The molecular formula is C17H16N4O2. The average molecular weight is 308 g/mol. The van der Waals surface area contributed by atoms with E-state index in [4.69, 9.17) is 0 Å². The summed E-state index contributed by atoms with van der Waals surface area (Å²) in [5.41, 5.74) is 6.35. The highest BCUT2D eigenvalue weighted by Gasteiger charge is 2.28. The van der Waals surface area contributed by atoms with Crippen LogP contribution in [0.5, 0.6) is 0 Å². The summed E-state index contributed by atoms with van der Waals surface area (Å²) >= 11 is 0. The Morgan fingerprint density at radius 1 is 1.30 bits per heavy atom. The summed E-state index contributed by atoms with van der Waals surface area (Å²) in [4.78, 5) is 23.4. The van der Waals surface area contributed by atoms with Crippen molar-refractivity contribution in [3.8, 4) is 0 Å². The second-order valence-electron chi connectivity index (χ2n) is 5.35. The van der Waals surface area contributed by atoms with Crippen LogP contribution < -0.4 is 10.9 Å². The van der Waals surface area contributed by atoms with E-state index in [-0.39, 0.29) is 18.2 Å². The minimum atomic E-state index is -0.511. The maximum atomic E-state index is 11.9. The van der Waals surface area contributed by atoms with Crippen LogP contribution in [0.1, 0.15) is 18.9 Å². The van der Waals surface area contributed by atoms with Crippen molar-refractivity contribution < 1.29 is 9.59 Å². The molecule has 1 atom stereocenters. The minimum Gasteiger partial charge on any atom is -0.273 e. The molecule has 0 fully saturated rings. The molecule has 2 aromatic rings. The largest absolute Gasteiger partial charge is 0.273 e. The van der Waals surface area contributed by atoms with E-state index in [1.165, 1.54) is 0 Å². The summed E-state index contributed by atoms with van der Waals surface area (Å²) < 4.78 is 0. The summed E-state index contributed by atoms with van der Waals surface area (Å²) in [6.45, 7) is 1.72. The van der Waals surface area contributed by atoms with Crippen LogP contribution in [0.25, 0.3) is 10.8 Å². The van der Waals surface area contributed by atoms with Gasteiger partial charge in [-0.05, 0) is 17.7 Å². The number of carbonyl (C=O) groups excluding carboxylic acids is 2. The molecule has 116 valence electrons. The van der Waals surface area contributed by atoms with Gasteiger partial charge in [0.05, 0.1) is 12.1 Å². The smallest absolute Gasteiger partial charge is 0.249 e. The number of hydrazone groups is 2. The highest BCUT2D eigenvalue weighted by Crippen LogP contribution is 2.16. The first-order valence-electron chi connectivity index (χ1n) is 7.29. The second kappa shape index (κ2) is 6.39. The van der Waals surface area contributed by atoms with Gasteiger partial charge in [0.1, 0.15) is 0 Å². The molecule has 0 radical (unpaired) electrons. The van der Waals surface area contributed by atoms with Gasteiger partial charge in [-0.1, -0.05) is 42.5 Å². The van der Waals surface area contributed by atoms with Crippen LogP contribution in [0.15, 0.2) is 52.7 Å². The number of benzene rings is 2. The summed E-state index contributed by atoms with van der Waals surface area (Å²) in [7, 11) is 0. The number of rotatable bonds is 4. The lowest BCUT2D eigenvalue weighted by Crippen LogP contribution is -2.29. The Bertz CT molecular complexity index is 821. The number of amides is 2. The number of hydrogen-bond acceptors (Lipinski definition) is 4. The fourth-order valence-electron chi connectivity index (χ4n) is 2.50. The Hall–Kier alpha value is -3.02. The quantitative estimate of drug-likeness (QED) is 0.667. The van der Waals surface area contributed by atoms with Crippen molar-refractivity contribution in [2.45, 2.75) is 13.3 Å². The number of hydrogen-bond donors (Lipinski definition) is 2. The third-order valence-corrected chi connectivity index (χ3v) is 3.77. The number of carbonyl (C=O) groups is 2. The van der Waals surface area contributed by atoms with Gasteiger partial charge in [0.2, 0.25) is 11.8 Å². The maximum Gasteiger partial charge on any atom is 0.249 e. The molecular weight excluding hydrogens is 292 g/mol. The van der Waals surface area contributed by atoms with Crippen molar-refractivity contribution in [2.75, 3.05) is 0 Å². The third kappa shape index (κ3) is 3.26. The van der Waals surface area contributed by atoms with E-state index in [2.05, 4.69) is 21.1 Å². The van der Waals surface area contributed by atoms with E-state index in [1.807, 2.05) is 42.5 Å². The van der Waals surface area contributed by atoms with Gasteiger partial charge in [0, 0.05) is 17.7 Å². The van der Waals surface area contributed by atoms with E-state index < -0.39 is 5.92 Å². The van der Waals surface area contributed by atoms with Gasteiger partial charge in [-0.3, -0.25) is 9.59 Å². The molecule has 3 rings (SSSR count). The molecule has 6 nitrogen and oxygen atoms in total. The Morgan fingerprint density at radius 2 is 2.09 bits per heavy atom. The topological polar surface area (TPSA) is 82.9 Å². The van der Waals surface area contributed by atoms with E-state index in [0.717, 1.165) is 16.3 Å². The van der Waals surface area contributed by atoms with Gasteiger partial charge < -0.3 is 0 Å². The summed E-state index contributed by atoms with van der Waals surface area (Å²) in [5, 5.41) is 9.97. The highest BCUT2D eigenvalue weighted by atomic mass is 16.2. The van der Waals surface area contributed by atoms with Crippen LogP contribution in [0.4, 0.5) is 0 Å². The molecule has 0 spiro atoms. The molecule has 0 aromatic heterocycles. The minimum absolute atomic E-state index is 0.0358. The van der Waals surface area contributed by atoms with E-state index in [1.54, 1.807) is 13.1 Å². The predicted octanol–water partition coefficient (Wildman–Crippen LogP) is 1.80. The number of nitrogens with one attached hydrogen (secondary N) is 2. The number of fused-ring (bicyclic) bond motifs is 1. The lowest BCUT2D eigenvalue weighted by Gasteiger charge is -2.06. The fraction of sp³-hybridized carbons (Fsp3) is 0.176. The van der Waals surface area contributed by atoms with Crippen LogP contribution in [-0.2, 0) is 9.59 Å². The molecule has 6 heteroatoms. The van der Waals surface area contributed by atoms with Crippen molar-refractivity contribution in [1.82, 2.24) is 10.9 Å². The SMILES string of the molecule is CC1=NNC(=O)[C@@H]1CC(=O)N/N=C\c1cccc2ccccc12. The number of nitrogens with zero attached hydrogens (tertiary/aromatic N) is 2. The predicted molar refractivity (Wildman–Crippen MR) is 89.0 cm³/mol. The van der Waals surface area contributed by atoms with E-state index in [9.17, 15) is 9.59 Å². The van der Waals surface area contributed by atoms with Crippen molar-refractivity contribution in [3.05, 3.63) is 48.0 Å². The Labute approximate surface area is 133 Å².